The lowest BCUT2D eigenvalue weighted by atomic mass is 9.71. The Labute approximate surface area is 176 Å². The van der Waals surface area contributed by atoms with E-state index in [9.17, 15) is 24.6 Å². The minimum Gasteiger partial charge on any atom is -0.481 e. The van der Waals surface area contributed by atoms with Crippen LogP contribution in [0.4, 0.5) is 0 Å². The SMILES string of the molecule is C=CCN(C(=O)C1N([C@H](C)CO)C(=O)[C@@H]2[C@H](C(=O)O)[C@@H]3CCC12S3)C(C)CCC. The summed E-state index contributed by atoms with van der Waals surface area (Å²) >= 11 is 1.52. The third-order valence-corrected chi connectivity index (χ3v) is 8.80. The van der Waals surface area contributed by atoms with Crippen molar-refractivity contribution in [1.82, 2.24) is 9.80 Å². The largest absolute Gasteiger partial charge is 0.481 e. The maximum Gasteiger partial charge on any atom is 0.308 e. The first-order chi connectivity index (χ1) is 13.7. The van der Waals surface area contributed by atoms with Crippen LogP contribution in [0.1, 0.15) is 46.5 Å². The lowest BCUT2D eigenvalue weighted by molar-refractivity contribution is -0.149. The van der Waals surface area contributed by atoms with Crippen molar-refractivity contribution in [3.8, 4) is 0 Å². The molecule has 0 aromatic rings. The van der Waals surface area contributed by atoms with Crippen molar-refractivity contribution in [1.29, 1.82) is 0 Å². The first-order valence-electron chi connectivity index (χ1n) is 10.5. The van der Waals surface area contributed by atoms with E-state index < -0.39 is 34.6 Å². The van der Waals surface area contributed by atoms with Gasteiger partial charge in [-0.1, -0.05) is 19.4 Å². The normalized spacial score (nSPS) is 34.8. The molecule has 2 amide bonds. The predicted molar refractivity (Wildman–Crippen MR) is 111 cm³/mol. The van der Waals surface area contributed by atoms with E-state index in [0.29, 0.717) is 19.4 Å². The Morgan fingerprint density at radius 2 is 2.14 bits per heavy atom. The number of nitrogens with zero attached hydrogens (tertiary/aromatic N) is 2. The van der Waals surface area contributed by atoms with E-state index in [1.165, 1.54) is 16.7 Å². The Morgan fingerprint density at radius 3 is 2.69 bits per heavy atom. The molecule has 1 spiro atoms. The summed E-state index contributed by atoms with van der Waals surface area (Å²) in [6.07, 6.45) is 4.79. The summed E-state index contributed by atoms with van der Waals surface area (Å²) in [5.41, 5.74) is 0. The highest BCUT2D eigenvalue weighted by molar-refractivity contribution is 8.02. The van der Waals surface area contributed by atoms with Gasteiger partial charge in [0.25, 0.3) is 0 Å². The molecule has 3 saturated heterocycles. The molecule has 3 fully saturated rings. The fraction of sp³-hybridized carbons (Fsp3) is 0.762. The molecule has 3 unspecified atom stereocenters. The molecule has 0 aromatic carbocycles. The molecule has 3 aliphatic heterocycles. The number of aliphatic hydroxyl groups excluding tert-OH is 1. The van der Waals surface area contributed by atoms with Crippen LogP contribution in [-0.2, 0) is 14.4 Å². The van der Waals surface area contributed by atoms with Crippen molar-refractivity contribution in [3.63, 3.8) is 0 Å². The molecule has 0 radical (unpaired) electrons. The molecule has 3 rings (SSSR count). The minimum absolute atomic E-state index is 0.0128. The van der Waals surface area contributed by atoms with Gasteiger partial charge >= 0.3 is 5.97 Å². The van der Waals surface area contributed by atoms with Gasteiger partial charge in [0.05, 0.1) is 29.2 Å². The molecule has 7 atom stereocenters. The van der Waals surface area contributed by atoms with E-state index in [4.69, 9.17) is 0 Å². The maximum absolute atomic E-state index is 13.9. The van der Waals surface area contributed by atoms with E-state index in [-0.39, 0.29) is 29.7 Å². The van der Waals surface area contributed by atoms with E-state index in [1.54, 1.807) is 17.9 Å². The van der Waals surface area contributed by atoms with Crippen LogP contribution >= 0.6 is 11.8 Å². The number of aliphatic hydroxyl groups is 1. The molecule has 3 heterocycles. The minimum atomic E-state index is -0.963. The van der Waals surface area contributed by atoms with Crippen molar-refractivity contribution >= 4 is 29.5 Å². The van der Waals surface area contributed by atoms with Gasteiger partial charge in [-0.05, 0) is 33.1 Å². The highest BCUT2D eigenvalue weighted by Gasteiger charge is 2.74. The lowest BCUT2D eigenvalue weighted by Gasteiger charge is -2.40. The van der Waals surface area contributed by atoms with Crippen LogP contribution in [0.2, 0.25) is 0 Å². The van der Waals surface area contributed by atoms with Gasteiger partial charge in [-0.2, -0.15) is 0 Å². The monoisotopic (exact) mass is 424 g/mol. The molecule has 3 aliphatic rings. The Hall–Kier alpha value is -1.54. The van der Waals surface area contributed by atoms with Crippen molar-refractivity contribution in [3.05, 3.63) is 12.7 Å². The van der Waals surface area contributed by atoms with Gasteiger partial charge in [-0.25, -0.2) is 0 Å². The molecule has 162 valence electrons. The van der Waals surface area contributed by atoms with Crippen molar-refractivity contribution < 1.29 is 24.6 Å². The number of carboxylic acids is 1. The Morgan fingerprint density at radius 1 is 1.45 bits per heavy atom. The Bertz CT molecular complexity index is 701. The van der Waals surface area contributed by atoms with E-state index >= 15 is 0 Å². The number of amides is 2. The number of carboxylic acid groups (broad SMARTS) is 1. The standard InChI is InChI=1S/C21H32N2O5S/c1-5-7-12(3)22(10-6-2)19(26)17-21-9-8-14(29-21)15(20(27)28)16(21)18(25)23(17)13(4)11-24/h6,12-17,24H,2,5,7-11H2,1,3-4H3,(H,27,28)/t12?,13-,14+,15-,16+,17?,21?/m1/s1. The first-order valence-corrected chi connectivity index (χ1v) is 11.4. The Kier molecular flexibility index (Phi) is 6.34. The fourth-order valence-corrected chi connectivity index (χ4v) is 7.76. The second-order valence-corrected chi connectivity index (χ2v) is 10.2. The van der Waals surface area contributed by atoms with Crippen LogP contribution in [0, 0.1) is 11.8 Å². The second-order valence-electron chi connectivity index (χ2n) is 8.59. The molecule has 0 saturated carbocycles. The number of likely N-dealkylation sites (tertiary alicyclic amines) is 1. The zero-order chi connectivity index (χ0) is 21.5. The zero-order valence-electron chi connectivity index (χ0n) is 17.4. The fourth-order valence-electron chi connectivity index (χ4n) is 5.57. The third-order valence-electron chi connectivity index (χ3n) is 6.84. The summed E-state index contributed by atoms with van der Waals surface area (Å²) in [6, 6.07) is -1.31. The van der Waals surface area contributed by atoms with Gasteiger partial charge in [0, 0.05) is 17.8 Å². The zero-order valence-corrected chi connectivity index (χ0v) is 18.2. The summed E-state index contributed by atoms with van der Waals surface area (Å²) in [5, 5.41) is 19.5. The second kappa shape index (κ2) is 8.30. The lowest BCUT2D eigenvalue weighted by Crippen LogP contribution is -2.58. The number of hydrogen-bond acceptors (Lipinski definition) is 5. The average molecular weight is 425 g/mol. The quantitative estimate of drug-likeness (QED) is 0.547. The molecule has 2 bridgehead atoms. The highest BCUT2D eigenvalue weighted by Crippen LogP contribution is 2.66. The summed E-state index contributed by atoms with van der Waals surface area (Å²) in [6.45, 7) is 9.67. The topological polar surface area (TPSA) is 98.2 Å². The number of rotatable bonds is 9. The summed E-state index contributed by atoms with van der Waals surface area (Å²) < 4.78 is -0.726. The van der Waals surface area contributed by atoms with Crippen LogP contribution in [0.25, 0.3) is 0 Å². The van der Waals surface area contributed by atoms with Crippen LogP contribution in [0.3, 0.4) is 0 Å². The molecular weight excluding hydrogens is 392 g/mol. The predicted octanol–water partition coefficient (Wildman–Crippen LogP) is 1.75. The van der Waals surface area contributed by atoms with Crippen LogP contribution < -0.4 is 0 Å². The molecule has 7 nitrogen and oxygen atoms in total. The Balaban J connectivity index is 2.06. The van der Waals surface area contributed by atoms with Crippen molar-refractivity contribution in [2.45, 2.75) is 74.6 Å². The van der Waals surface area contributed by atoms with E-state index in [1.807, 2.05) is 6.92 Å². The van der Waals surface area contributed by atoms with Gasteiger partial charge < -0.3 is 20.0 Å². The third kappa shape index (κ3) is 3.28. The van der Waals surface area contributed by atoms with Crippen LogP contribution in [0.15, 0.2) is 12.7 Å². The number of fused-ring (bicyclic) bond motifs is 1. The van der Waals surface area contributed by atoms with E-state index in [0.717, 1.165) is 12.8 Å². The van der Waals surface area contributed by atoms with Gasteiger partial charge in [0.1, 0.15) is 6.04 Å². The number of carbonyl (C=O) groups is 3. The number of aliphatic carboxylic acids is 1. The average Bonchev–Trinajstić information content (AvgIpc) is 3.32. The smallest absolute Gasteiger partial charge is 0.308 e. The summed E-state index contributed by atoms with van der Waals surface area (Å²) in [7, 11) is 0. The summed E-state index contributed by atoms with van der Waals surface area (Å²) in [4.78, 5) is 42.5. The number of carbonyl (C=O) groups excluding carboxylic acids is 2. The summed E-state index contributed by atoms with van der Waals surface area (Å²) in [5.74, 6) is -2.89. The van der Waals surface area contributed by atoms with Crippen LogP contribution in [0.5, 0.6) is 0 Å². The van der Waals surface area contributed by atoms with Crippen molar-refractivity contribution in [2.75, 3.05) is 13.2 Å². The molecular formula is C21H32N2O5S. The van der Waals surface area contributed by atoms with E-state index in [2.05, 4.69) is 13.5 Å². The van der Waals surface area contributed by atoms with Gasteiger partial charge in [-0.3, -0.25) is 14.4 Å². The first kappa shape index (κ1) is 22.2. The van der Waals surface area contributed by atoms with Crippen molar-refractivity contribution in [2.24, 2.45) is 11.8 Å². The highest BCUT2D eigenvalue weighted by atomic mass is 32.2. The van der Waals surface area contributed by atoms with Crippen LogP contribution in [-0.4, -0.2) is 79.1 Å². The molecule has 8 heteroatoms. The molecule has 0 aromatic heterocycles. The van der Waals surface area contributed by atoms with Gasteiger partial charge in [-0.15, -0.1) is 18.3 Å². The molecule has 0 aliphatic carbocycles. The molecule has 2 N–H and O–H groups in total. The van der Waals surface area contributed by atoms with Gasteiger partial charge in [0.2, 0.25) is 11.8 Å². The van der Waals surface area contributed by atoms with Gasteiger partial charge in [0.15, 0.2) is 0 Å². The molecule has 29 heavy (non-hydrogen) atoms. The number of thioether (sulfide) groups is 1. The number of hydrogen-bond donors (Lipinski definition) is 2. The maximum atomic E-state index is 13.9.